The maximum absolute atomic E-state index is 5.88. The van der Waals surface area contributed by atoms with Gasteiger partial charge in [-0.1, -0.05) is 24.3 Å². The fourth-order valence-electron chi connectivity index (χ4n) is 2.03. The summed E-state index contributed by atoms with van der Waals surface area (Å²) in [5, 5.41) is 5.50. The fourth-order valence-corrected chi connectivity index (χ4v) is 2.80. The zero-order valence-electron chi connectivity index (χ0n) is 11.5. The van der Waals surface area contributed by atoms with Crippen molar-refractivity contribution in [2.75, 3.05) is 19.8 Å². The van der Waals surface area contributed by atoms with Crippen molar-refractivity contribution in [2.24, 2.45) is 0 Å². The van der Waals surface area contributed by atoms with Crippen molar-refractivity contribution in [1.82, 2.24) is 10.2 Å². The van der Waals surface area contributed by atoms with Gasteiger partial charge in [-0.05, 0) is 36.7 Å². The number of nitrogens with one attached hydrogen (secondary N) is 1. The highest BCUT2D eigenvalue weighted by molar-refractivity contribution is 7.10. The van der Waals surface area contributed by atoms with E-state index in [1.54, 1.807) is 11.3 Å². The Morgan fingerprint density at radius 2 is 1.84 bits per heavy atom. The average Bonchev–Trinajstić information content (AvgIpc) is 2.77. The highest BCUT2D eigenvalue weighted by atomic mass is 32.1. The molecule has 0 spiro atoms. The predicted molar refractivity (Wildman–Crippen MR) is 83.1 cm³/mol. The first-order valence-electron chi connectivity index (χ1n) is 6.41. The Kier molecular flexibility index (Phi) is 4.96. The van der Waals surface area contributed by atoms with E-state index in [0.717, 1.165) is 25.3 Å². The Balaban J connectivity index is 1.94. The largest absolute Gasteiger partial charge is 0.398 e. The summed E-state index contributed by atoms with van der Waals surface area (Å²) in [4.78, 5) is 3.40. The molecule has 102 valence electrons. The minimum atomic E-state index is 0.833. The van der Waals surface area contributed by atoms with E-state index < -0.39 is 0 Å². The summed E-state index contributed by atoms with van der Waals surface area (Å²) in [5.41, 5.74) is 9.49. The van der Waals surface area contributed by atoms with Gasteiger partial charge in [0.15, 0.2) is 0 Å². The standard InChI is InChI=1S/C15H21N3S/c1-18(2)11-13-6-4-3-5-12(13)9-17-10-15-14(16)7-8-19-15/h3-8,17H,9-11,16H2,1-2H3. The number of benzene rings is 1. The lowest BCUT2D eigenvalue weighted by atomic mass is 10.1. The molecule has 0 saturated carbocycles. The van der Waals surface area contributed by atoms with Crippen molar-refractivity contribution in [1.29, 1.82) is 0 Å². The predicted octanol–water partition coefficient (Wildman–Crippen LogP) is 2.68. The number of nitrogen functional groups attached to an aromatic ring is 1. The summed E-state index contributed by atoms with van der Waals surface area (Å²) < 4.78 is 0. The zero-order chi connectivity index (χ0) is 13.7. The maximum Gasteiger partial charge on any atom is 0.0468 e. The first-order valence-corrected chi connectivity index (χ1v) is 7.29. The molecule has 0 aliphatic carbocycles. The molecule has 1 heterocycles. The third-order valence-corrected chi connectivity index (χ3v) is 3.92. The Morgan fingerprint density at radius 3 is 2.47 bits per heavy atom. The van der Waals surface area contributed by atoms with E-state index >= 15 is 0 Å². The summed E-state index contributed by atoms with van der Waals surface area (Å²) in [6.45, 7) is 2.68. The molecule has 3 nitrogen and oxygen atoms in total. The normalized spacial score (nSPS) is 11.1. The van der Waals surface area contributed by atoms with Crippen molar-refractivity contribution >= 4 is 17.0 Å². The van der Waals surface area contributed by atoms with Crippen LogP contribution in [-0.2, 0) is 19.6 Å². The van der Waals surface area contributed by atoms with Gasteiger partial charge in [0.2, 0.25) is 0 Å². The highest BCUT2D eigenvalue weighted by Gasteiger charge is 2.04. The van der Waals surface area contributed by atoms with E-state index in [1.807, 2.05) is 11.4 Å². The van der Waals surface area contributed by atoms with Crippen molar-refractivity contribution in [3.8, 4) is 0 Å². The SMILES string of the molecule is CN(C)Cc1ccccc1CNCc1sccc1N. The van der Waals surface area contributed by atoms with Gasteiger partial charge in [-0.2, -0.15) is 0 Å². The minimum absolute atomic E-state index is 0.833. The van der Waals surface area contributed by atoms with E-state index in [1.165, 1.54) is 16.0 Å². The minimum Gasteiger partial charge on any atom is -0.398 e. The first-order chi connectivity index (χ1) is 9.16. The Bertz CT molecular complexity index is 520. The fraction of sp³-hybridized carbons (Fsp3) is 0.333. The number of hydrogen-bond acceptors (Lipinski definition) is 4. The van der Waals surface area contributed by atoms with Gasteiger partial charge < -0.3 is 16.0 Å². The van der Waals surface area contributed by atoms with Gasteiger partial charge in [0.1, 0.15) is 0 Å². The van der Waals surface area contributed by atoms with E-state index in [4.69, 9.17) is 5.73 Å². The summed E-state index contributed by atoms with van der Waals surface area (Å²) >= 11 is 1.70. The van der Waals surface area contributed by atoms with Gasteiger partial charge in [0.25, 0.3) is 0 Å². The van der Waals surface area contributed by atoms with Crippen molar-refractivity contribution in [3.63, 3.8) is 0 Å². The van der Waals surface area contributed by atoms with Gasteiger partial charge >= 0.3 is 0 Å². The summed E-state index contributed by atoms with van der Waals surface area (Å²) in [5.74, 6) is 0. The molecule has 0 unspecified atom stereocenters. The lowest BCUT2D eigenvalue weighted by Gasteiger charge is -2.14. The Hall–Kier alpha value is -1.36. The van der Waals surface area contributed by atoms with Crippen molar-refractivity contribution in [2.45, 2.75) is 19.6 Å². The van der Waals surface area contributed by atoms with Crippen molar-refractivity contribution in [3.05, 3.63) is 51.7 Å². The second-order valence-corrected chi connectivity index (χ2v) is 5.91. The third-order valence-electron chi connectivity index (χ3n) is 2.99. The highest BCUT2D eigenvalue weighted by Crippen LogP contribution is 2.18. The lowest BCUT2D eigenvalue weighted by molar-refractivity contribution is 0.400. The topological polar surface area (TPSA) is 41.3 Å². The van der Waals surface area contributed by atoms with E-state index in [2.05, 4.69) is 48.6 Å². The van der Waals surface area contributed by atoms with Crippen LogP contribution in [0.2, 0.25) is 0 Å². The van der Waals surface area contributed by atoms with Gasteiger partial charge in [-0.15, -0.1) is 11.3 Å². The molecular weight excluding hydrogens is 254 g/mol. The summed E-state index contributed by atoms with van der Waals surface area (Å²) in [6.07, 6.45) is 0. The van der Waals surface area contributed by atoms with Gasteiger partial charge in [-0.25, -0.2) is 0 Å². The van der Waals surface area contributed by atoms with Crippen molar-refractivity contribution < 1.29 is 0 Å². The smallest absolute Gasteiger partial charge is 0.0468 e. The molecule has 0 atom stereocenters. The second kappa shape index (κ2) is 6.70. The summed E-state index contributed by atoms with van der Waals surface area (Å²) in [7, 11) is 4.19. The molecule has 0 bridgehead atoms. The zero-order valence-corrected chi connectivity index (χ0v) is 12.3. The number of anilines is 1. The number of hydrogen-bond donors (Lipinski definition) is 2. The van der Waals surface area contributed by atoms with Crippen LogP contribution >= 0.6 is 11.3 Å². The molecule has 0 aliphatic rings. The molecule has 0 fully saturated rings. The molecule has 1 aromatic heterocycles. The molecule has 19 heavy (non-hydrogen) atoms. The van der Waals surface area contributed by atoms with E-state index in [0.29, 0.717) is 0 Å². The molecule has 0 radical (unpaired) electrons. The molecule has 2 aromatic rings. The lowest BCUT2D eigenvalue weighted by Crippen LogP contribution is -2.17. The maximum atomic E-state index is 5.88. The molecule has 1 aromatic carbocycles. The first kappa shape index (κ1) is 14.1. The molecule has 0 amide bonds. The van der Waals surface area contributed by atoms with Crippen LogP contribution in [0.25, 0.3) is 0 Å². The molecule has 0 aliphatic heterocycles. The van der Waals surface area contributed by atoms with Gasteiger partial charge in [0, 0.05) is 30.2 Å². The van der Waals surface area contributed by atoms with E-state index in [9.17, 15) is 0 Å². The number of thiophene rings is 1. The van der Waals surface area contributed by atoms with Crippen LogP contribution < -0.4 is 11.1 Å². The average molecular weight is 275 g/mol. The summed E-state index contributed by atoms with van der Waals surface area (Å²) in [6, 6.07) is 10.5. The van der Waals surface area contributed by atoms with E-state index in [-0.39, 0.29) is 0 Å². The van der Waals surface area contributed by atoms with Crippen LogP contribution in [0.5, 0.6) is 0 Å². The molecule has 0 saturated heterocycles. The van der Waals surface area contributed by atoms with Crippen LogP contribution in [-0.4, -0.2) is 19.0 Å². The van der Waals surface area contributed by atoms with Gasteiger partial charge in [-0.3, -0.25) is 0 Å². The molecule has 3 N–H and O–H groups in total. The number of rotatable bonds is 6. The number of nitrogens with zero attached hydrogens (tertiary/aromatic N) is 1. The second-order valence-electron chi connectivity index (χ2n) is 4.91. The third kappa shape index (κ3) is 4.06. The van der Waals surface area contributed by atoms with Crippen LogP contribution in [0.3, 0.4) is 0 Å². The van der Waals surface area contributed by atoms with Crippen LogP contribution in [0.15, 0.2) is 35.7 Å². The molecule has 4 heteroatoms. The monoisotopic (exact) mass is 275 g/mol. The Labute approximate surface area is 119 Å². The molecule has 2 rings (SSSR count). The number of nitrogens with two attached hydrogens (primary N) is 1. The van der Waals surface area contributed by atoms with Gasteiger partial charge in [0.05, 0.1) is 0 Å². The van der Waals surface area contributed by atoms with Crippen LogP contribution in [0.4, 0.5) is 5.69 Å². The molecular formula is C15H21N3S. The van der Waals surface area contributed by atoms with Crippen LogP contribution in [0, 0.1) is 0 Å². The van der Waals surface area contributed by atoms with Crippen LogP contribution in [0.1, 0.15) is 16.0 Å². The Morgan fingerprint density at radius 1 is 1.11 bits per heavy atom. The quantitative estimate of drug-likeness (QED) is 0.851.